The molecule has 1 atom stereocenters. The van der Waals surface area contributed by atoms with E-state index in [9.17, 15) is 18.0 Å². The highest BCUT2D eigenvalue weighted by Crippen LogP contribution is 2.27. The summed E-state index contributed by atoms with van der Waals surface area (Å²) < 4.78 is 45.9. The lowest BCUT2D eigenvalue weighted by atomic mass is 10.1. The Labute approximate surface area is 120 Å². The molecular weight excluding hydrogens is 289 g/mol. The van der Waals surface area contributed by atoms with Crippen LogP contribution in [0.4, 0.5) is 18.9 Å². The van der Waals surface area contributed by atoms with Crippen LogP contribution < -0.4 is 15.8 Å². The molecule has 0 aliphatic rings. The van der Waals surface area contributed by atoms with Gasteiger partial charge in [0.05, 0.1) is 6.61 Å². The van der Waals surface area contributed by atoms with E-state index in [0.717, 1.165) is 0 Å². The van der Waals surface area contributed by atoms with Gasteiger partial charge in [-0.25, -0.2) is 0 Å². The van der Waals surface area contributed by atoms with Crippen molar-refractivity contribution in [3.8, 4) is 5.75 Å². The number of carbonyl (C=O) groups is 1. The topological polar surface area (TPSA) is 73.6 Å². The Balaban J connectivity index is 2.78. The van der Waals surface area contributed by atoms with Gasteiger partial charge < -0.3 is 20.5 Å². The molecular formula is C13H17F3N2O3. The van der Waals surface area contributed by atoms with Crippen LogP contribution in [0.15, 0.2) is 18.2 Å². The Morgan fingerprint density at radius 3 is 2.67 bits per heavy atom. The van der Waals surface area contributed by atoms with Crippen LogP contribution in [0.2, 0.25) is 0 Å². The zero-order valence-electron chi connectivity index (χ0n) is 11.7. The predicted octanol–water partition coefficient (Wildman–Crippen LogP) is 1.85. The lowest BCUT2D eigenvalue weighted by Crippen LogP contribution is -2.39. The predicted molar refractivity (Wildman–Crippen MR) is 71.2 cm³/mol. The number of anilines is 1. The van der Waals surface area contributed by atoms with Gasteiger partial charge in [-0.2, -0.15) is 13.2 Å². The van der Waals surface area contributed by atoms with Crippen LogP contribution in [0.5, 0.6) is 5.75 Å². The van der Waals surface area contributed by atoms with Crippen molar-refractivity contribution in [3.05, 3.63) is 23.8 Å². The van der Waals surface area contributed by atoms with Crippen LogP contribution in [0, 0.1) is 6.92 Å². The summed E-state index contributed by atoms with van der Waals surface area (Å²) >= 11 is 0. The maximum atomic E-state index is 12.1. The first-order valence-electron chi connectivity index (χ1n) is 6.09. The van der Waals surface area contributed by atoms with E-state index in [1.807, 2.05) is 0 Å². The van der Waals surface area contributed by atoms with Crippen LogP contribution in [-0.4, -0.2) is 38.4 Å². The highest BCUT2D eigenvalue weighted by molar-refractivity contribution is 5.95. The molecule has 118 valence electrons. The second-order valence-electron chi connectivity index (χ2n) is 4.38. The van der Waals surface area contributed by atoms with E-state index < -0.39 is 24.7 Å². The summed E-state index contributed by atoms with van der Waals surface area (Å²) in [6.07, 6.45) is -4.42. The standard InChI is InChI=1S/C13H17F3N2O3/c1-8-10(18-12(19)9(17)6-20-2)4-3-5-11(8)21-7-13(14,15)16/h3-5,9H,6-7,17H2,1-2H3,(H,18,19). The minimum absolute atomic E-state index is 0.0369. The Morgan fingerprint density at radius 2 is 2.10 bits per heavy atom. The minimum Gasteiger partial charge on any atom is -0.484 e. The lowest BCUT2D eigenvalue weighted by Gasteiger charge is -2.16. The number of benzene rings is 1. The summed E-state index contributed by atoms with van der Waals surface area (Å²) in [4.78, 5) is 11.7. The monoisotopic (exact) mass is 306 g/mol. The van der Waals surface area contributed by atoms with E-state index in [4.69, 9.17) is 15.2 Å². The quantitative estimate of drug-likeness (QED) is 0.841. The van der Waals surface area contributed by atoms with Crippen molar-refractivity contribution < 1.29 is 27.4 Å². The molecule has 1 rings (SSSR count). The second kappa shape index (κ2) is 7.28. The normalized spacial score (nSPS) is 12.9. The van der Waals surface area contributed by atoms with Gasteiger partial charge in [0.1, 0.15) is 11.8 Å². The first-order chi connectivity index (χ1) is 9.74. The van der Waals surface area contributed by atoms with Crippen molar-refractivity contribution in [2.45, 2.75) is 19.1 Å². The van der Waals surface area contributed by atoms with E-state index in [0.29, 0.717) is 11.3 Å². The third kappa shape index (κ3) is 5.60. The zero-order chi connectivity index (χ0) is 16.0. The number of halogens is 3. The van der Waals surface area contributed by atoms with E-state index in [2.05, 4.69) is 5.32 Å². The van der Waals surface area contributed by atoms with Gasteiger partial charge in [-0.05, 0) is 19.1 Å². The van der Waals surface area contributed by atoms with Gasteiger partial charge >= 0.3 is 6.18 Å². The summed E-state index contributed by atoms with van der Waals surface area (Å²) in [7, 11) is 1.41. The third-order valence-electron chi connectivity index (χ3n) is 2.62. The number of nitrogens with two attached hydrogens (primary N) is 1. The molecule has 0 aliphatic heterocycles. The molecule has 1 unspecified atom stereocenters. The van der Waals surface area contributed by atoms with E-state index >= 15 is 0 Å². The van der Waals surface area contributed by atoms with E-state index in [1.54, 1.807) is 13.0 Å². The number of hydrogen-bond donors (Lipinski definition) is 2. The van der Waals surface area contributed by atoms with E-state index in [1.165, 1.54) is 19.2 Å². The highest BCUT2D eigenvalue weighted by atomic mass is 19.4. The fraction of sp³-hybridized carbons (Fsp3) is 0.462. The number of amides is 1. The molecule has 0 aromatic heterocycles. The molecule has 0 fully saturated rings. The van der Waals surface area contributed by atoms with Crippen molar-refractivity contribution in [2.24, 2.45) is 5.73 Å². The molecule has 0 heterocycles. The van der Waals surface area contributed by atoms with Crippen molar-refractivity contribution in [3.63, 3.8) is 0 Å². The fourth-order valence-electron chi connectivity index (χ4n) is 1.55. The SMILES string of the molecule is COCC(N)C(=O)Nc1cccc(OCC(F)(F)F)c1C. The molecule has 3 N–H and O–H groups in total. The number of nitrogens with one attached hydrogen (secondary N) is 1. The van der Waals surface area contributed by atoms with Crippen LogP contribution in [-0.2, 0) is 9.53 Å². The molecule has 1 amide bonds. The van der Waals surface area contributed by atoms with Gasteiger partial charge in [-0.1, -0.05) is 6.07 Å². The Morgan fingerprint density at radius 1 is 1.43 bits per heavy atom. The van der Waals surface area contributed by atoms with Crippen molar-refractivity contribution in [1.29, 1.82) is 0 Å². The minimum atomic E-state index is -4.42. The molecule has 0 bridgehead atoms. The molecule has 8 heteroatoms. The van der Waals surface area contributed by atoms with Gasteiger partial charge in [-0.3, -0.25) is 4.79 Å². The number of hydrogen-bond acceptors (Lipinski definition) is 4. The summed E-state index contributed by atoms with van der Waals surface area (Å²) in [6, 6.07) is 3.56. The number of methoxy groups -OCH3 is 1. The first kappa shape index (κ1) is 17.3. The molecule has 1 aromatic rings. The van der Waals surface area contributed by atoms with Crippen LogP contribution >= 0.6 is 0 Å². The highest BCUT2D eigenvalue weighted by Gasteiger charge is 2.28. The summed E-state index contributed by atoms with van der Waals surface area (Å²) in [6.45, 7) is 0.187. The molecule has 0 radical (unpaired) electrons. The zero-order valence-corrected chi connectivity index (χ0v) is 11.7. The number of alkyl halides is 3. The average Bonchev–Trinajstić information content (AvgIpc) is 2.39. The van der Waals surface area contributed by atoms with Gasteiger partial charge in [0.15, 0.2) is 6.61 Å². The van der Waals surface area contributed by atoms with Gasteiger partial charge in [0.25, 0.3) is 0 Å². The molecule has 0 aliphatic carbocycles. The maximum absolute atomic E-state index is 12.1. The number of carbonyl (C=O) groups excluding carboxylic acids is 1. The number of ether oxygens (including phenoxy) is 2. The Hall–Kier alpha value is -1.80. The van der Waals surface area contributed by atoms with Crippen molar-refractivity contribution in [2.75, 3.05) is 25.6 Å². The molecule has 0 spiro atoms. The van der Waals surface area contributed by atoms with Gasteiger partial charge in [0, 0.05) is 18.4 Å². The molecule has 5 nitrogen and oxygen atoms in total. The van der Waals surface area contributed by atoms with Gasteiger partial charge in [-0.15, -0.1) is 0 Å². The third-order valence-corrected chi connectivity index (χ3v) is 2.62. The number of rotatable bonds is 6. The van der Waals surface area contributed by atoms with Crippen molar-refractivity contribution >= 4 is 11.6 Å². The molecule has 0 saturated heterocycles. The smallest absolute Gasteiger partial charge is 0.422 e. The second-order valence-corrected chi connectivity index (χ2v) is 4.38. The summed E-state index contributed by atoms with van der Waals surface area (Å²) in [5, 5.41) is 2.53. The molecule has 0 saturated carbocycles. The van der Waals surface area contributed by atoms with Crippen LogP contribution in [0.3, 0.4) is 0 Å². The fourth-order valence-corrected chi connectivity index (χ4v) is 1.55. The van der Waals surface area contributed by atoms with E-state index in [-0.39, 0.29) is 12.4 Å². The first-order valence-corrected chi connectivity index (χ1v) is 6.09. The average molecular weight is 306 g/mol. The molecule has 21 heavy (non-hydrogen) atoms. The van der Waals surface area contributed by atoms with Crippen LogP contribution in [0.1, 0.15) is 5.56 Å². The summed E-state index contributed by atoms with van der Waals surface area (Å²) in [5.74, 6) is -0.446. The van der Waals surface area contributed by atoms with Gasteiger partial charge in [0.2, 0.25) is 5.91 Å². The largest absolute Gasteiger partial charge is 0.484 e. The maximum Gasteiger partial charge on any atom is 0.422 e. The van der Waals surface area contributed by atoms with Crippen LogP contribution in [0.25, 0.3) is 0 Å². The Kier molecular flexibility index (Phi) is 5.98. The Bertz CT molecular complexity index is 492. The lowest BCUT2D eigenvalue weighted by molar-refractivity contribution is -0.153. The molecule has 1 aromatic carbocycles. The van der Waals surface area contributed by atoms with Crippen molar-refractivity contribution in [1.82, 2.24) is 0 Å². The summed E-state index contributed by atoms with van der Waals surface area (Å²) in [5.41, 5.74) is 6.29.